The summed E-state index contributed by atoms with van der Waals surface area (Å²) in [4.78, 5) is 26.0. The van der Waals surface area contributed by atoms with Crippen LogP contribution in [0.15, 0.2) is 65.4 Å². The van der Waals surface area contributed by atoms with Gasteiger partial charge in [-0.2, -0.15) is 13.2 Å². The van der Waals surface area contributed by atoms with E-state index < -0.39 is 17.7 Å². The molecule has 2 aromatic carbocycles. The third kappa shape index (κ3) is 2.66. The molecule has 1 N–H and O–H groups in total. The molecule has 0 saturated carbocycles. The standard InChI is InChI=1S/C23H16F3NO2/c24-23(25,26)13-10-8-12(9-11-13)18-19-16(6-3-7-17(19)28)27-21-14-4-1-2-5-15(14)22(29)20(18)21/h1-2,4-5,8-11,18,27H,3,6-7H2/t18-/m1/s1. The van der Waals surface area contributed by atoms with Crippen molar-refractivity contribution in [2.75, 3.05) is 0 Å². The minimum absolute atomic E-state index is 0.0565. The van der Waals surface area contributed by atoms with E-state index in [9.17, 15) is 22.8 Å². The predicted octanol–water partition coefficient (Wildman–Crippen LogP) is 5.01. The van der Waals surface area contributed by atoms with Crippen LogP contribution in [-0.4, -0.2) is 11.6 Å². The second kappa shape index (κ2) is 6.17. The first-order valence-corrected chi connectivity index (χ1v) is 9.45. The van der Waals surface area contributed by atoms with Crippen LogP contribution in [0.2, 0.25) is 0 Å². The summed E-state index contributed by atoms with van der Waals surface area (Å²) in [6, 6.07) is 12.0. The number of nitrogens with one attached hydrogen (secondary N) is 1. The lowest BCUT2D eigenvalue weighted by Gasteiger charge is -2.33. The average molecular weight is 395 g/mol. The van der Waals surface area contributed by atoms with Crippen molar-refractivity contribution in [3.63, 3.8) is 0 Å². The van der Waals surface area contributed by atoms with Crippen molar-refractivity contribution >= 4 is 17.3 Å². The van der Waals surface area contributed by atoms with E-state index >= 15 is 0 Å². The van der Waals surface area contributed by atoms with Gasteiger partial charge in [-0.25, -0.2) is 0 Å². The maximum atomic E-state index is 13.2. The lowest BCUT2D eigenvalue weighted by Crippen LogP contribution is -2.31. The SMILES string of the molecule is O=C1CCCC2=C1[C@@H](c1ccc(C(F)(F)F)cc1)C1=C(N2)c2ccccc2C1=O. The largest absolute Gasteiger partial charge is 0.416 e. The van der Waals surface area contributed by atoms with Crippen molar-refractivity contribution in [2.24, 2.45) is 0 Å². The Hall–Kier alpha value is -3.15. The number of dihydropyridines is 1. The number of Topliss-reactive ketones (excluding diaryl/α,β-unsaturated/α-hetero) is 2. The first-order chi connectivity index (χ1) is 13.9. The van der Waals surface area contributed by atoms with Gasteiger partial charge < -0.3 is 5.32 Å². The highest BCUT2D eigenvalue weighted by atomic mass is 19.4. The molecule has 146 valence electrons. The molecule has 29 heavy (non-hydrogen) atoms. The number of hydrogen-bond acceptors (Lipinski definition) is 3. The summed E-state index contributed by atoms with van der Waals surface area (Å²) >= 11 is 0. The Morgan fingerprint density at radius 1 is 0.862 bits per heavy atom. The molecular formula is C23H16F3NO2. The van der Waals surface area contributed by atoms with Crippen molar-refractivity contribution in [1.29, 1.82) is 0 Å². The molecule has 0 saturated heterocycles. The molecule has 2 aromatic rings. The van der Waals surface area contributed by atoms with Crippen LogP contribution in [0.5, 0.6) is 0 Å². The second-order valence-corrected chi connectivity index (χ2v) is 7.51. The van der Waals surface area contributed by atoms with Gasteiger partial charge >= 0.3 is 6.18 Å². The number of hydrogen-bond donors (Lipinski definition) is 1. The van der Waals surface area contributed by atoms with Crippen molar-refractivity contribution in [3.05, 3.63) is 87.6 Å². The van der Waals surface area contributed by atoms with E-state index in [4.69, 9.17) is 0 Å². The summed E-state index contributed by atoms with van der Waals surface area (Å²) in [7, 11) is 0. The molecule has 0 fully saturated rings. The molecule has 0 bridgehead atoms. The molecule has 0 amide bonds. The van der Waals surface area contributed by atoms with Crippen LogP contribution in [0.4, 0.5) is 13.2 Å². The zero-order valence-electron chi connectivity index (χ0n) is 15.3. The fourth-order valence-corrected chi connectivity index (χ4v) is 4.53. The zero-order chi connectivity index (χ0) is 20.3. The van der Waals surface area contributed by atoms with E-state index in [1.165, 1.54) is 12.1 Å². The van der Waals surface area contributed by atoms with Crippen LogP contribution >= 0.6 is 0 Å². The van der Waals surface area contributed by atoms with Crippen LogP contribution < -0.4 is 5.32 Å². The highest BCUT2D eigenvalue weighted by Gasteiger charge is 2.43. The van der Waals surface area contributed by atoms with E-state index in [0.717, 1.165) is 23.4 Å². The zero-order valence-corrected chi connectivity index (χ0v) is 15.3. The van der Waals surface area contributed by atoms with Gasteiger partial charge in [0.2, 0.25) is 0 Å². The Balaban J connectivity index is 1.70. The molecule has 1 aliphatic heterocycles. The summed E-state index contributed by atoms with van der Waals surface area (Å²) in [5.41, 5.74) is 3.49. The highest BCUT2D eigenvalue weighted by Crippen LogP contribution is 2.48. The number of benzene rings is 2. The topological polar surface area (TPSA) is 46.2 Å². The molecule has 3 aliphatic rings. The van der Waals surface area contributed by atoms with Gasteiger partial charge in [0, 0.05) is 40.3 Å². The van der Waals surface area contributed by atoms with Gasteiger partial charge in [0.05, 0.1) is 11.3 Å². The lowest BCUT2D eigenvalue weighted by atomic mass is 9.75. The Kier molecular flexibility index (Phi) is 3.81. The molecular weight excluding hydrogens is 379 g/mol. The molecule has 0 radical (unpaired) electrons. The van der Waals surface area contributed by atoms with Crippen LogP contribution in [0.3, 0.4) is 0 Å². The molecule has 0 unspecified atom stereocenters. The molecule has 3 nitrogen and oxygen atoms in total. The number of allylic oxidation sites excluding steroid dienone is 3. The number of carbonyl (C=O) groups excluding carboxylic acids is 2. The number of fused-ring (bicyclic) bond motifs is 2. The minimum Gasteiger partial charge on any atom is -0.358 e. The van der Waals surface area contributed by atoms with Gasteiger partial charge in [-0.05, 0) is 30.5 Å². The third-order valence-electron chi connectivity index (χ3n) is 5.84. The number of ketones is 2. The quantitative estimate of drug-likeness (QED) is 0.739. The van der Waals surface area contributed by atoms with E-state index in [0.29, 0.717) is 47.2 Å². The van der Waals surface area contributed by atoms with Crippen LogP contribution in [0.25, 0.3) is 5.70 Å². The van der Waals surface area contributed by atoms with Gasteiger partial charge in [0.25, 0.3) is 0 Å². The van der Waals surface area contributed by atoms with Gasteiger partial charge in [-0.1, -0.05) is 36.4 Å². The van der Waals surface area contributed by atoms with Gasteiger partial charge in [-0.15, -0.1) is 0 Å². The van der Waals surface area contributed by atoms with E-state index in [-0.39, 0.29) is 11.6 Å². The van der Waals surface area contributed by atoms with Crippen LogP contribution in [0.1, 0.15) is 52.2 Å². The van der Waals surface area contributed by atoms with E-state index in [1.54, 1.807) is 12.1 Å². The fourth-order valence-electron chi connectivity index (χ4n) is 4.53. The molecule has 6 heteroatoms. The average Bonchev–Trinajstić information content (AvgIpc) is 2.99. The minimum atomic E-state index is -4.44. The maximum Gasteiger partial charge on any atom is 0.416 e. The Morgan fingerprint density at radius 3 is 2.24 bits per heavy atom. The number of rotatable bonds is 1. The summed E-state index contributed by atoms with van der Waals surface area (Å²) in [6.45, 7) is 0. The monoisotopic (exact) mass is 395 g/mol. The Morgan fingerprint density at radius 2 is 1.55 bits per heavy atom. The molecule has 2 aliphatic carbocycles. The van der Waals surface area contributed by atoms with Crippen LogP contribution in [0, 0.1) is 0 Å². The predicted molar refractivity (Wildman–Crippen MR) is 101 cm³/mol. The molecule has 1 heterocycles. The van der Waals surface area contributed by atoms with Crippen molar-refractivity contribution in [2.45, 2.75) is 31.4 Å². The maximum absolute atomic E-state index is 13.2. The summed E-state index contributed by atoms with van der Waals surface area (Å²) < 4.78 is 39.0. The smallest absolute Gasteiger partial charge is 0.358 e. The second-order valence-electron chi connectivity index (χ2n) is 7.51. The fraction of sp³-hybridized carbons (Fsp3) is 0.217. The van der Waals surface area contributed by atoms with Gasteiger partial charge in [0.1, 0.15) is 0 Å². The normalized spacial score (nSPS) is 21.0. The van der Waals surface area contributed by atoms with Crippen molar-refractivity contribution < 1.29 is 22.8 Å². The Labute approximate surface area is 164 Å². The van der Waals surface area contributed by atoms with Gasteiger partial charge in [-0.3, -0.25) is 9.59 Å². The van der Waals surface area contributed by atoms with Crippen molar-refractivity contribution in [1.82, 2.24) is 5.32 Å². The third-order valence-corrected chi connectivity index (χ3v) is 5.84. The highest BCUT2D eigenvalue weighted by molar-refractivity contribution is 6.23. The Bertz CT molecular complexity index is 1120. The molecule has 0 spiro atoms. The lowest BCUT2D eigenvalue weighted by molar-refractivity contribution is -0.137. The van der Waals surface area contributed by atoms with Gasteiger partial charge in [0.15, 0.2) is 11.6 Å². The number of halogens is 3. The van der Waals surface area contributed by atoms with Crippen LogP contribution in [-0.2, 0) is 11.0 Å². The van der Waals surface area contributed by atoms with E-state index in [2.05, 4.69) is 5.32 Å². The van der Waals surface area contributed by atoms with E-state index in [1.807, 2.05) is 12.1 Å². The number of carbonyl (C=O) groups is 2. The summed E-state index contributed by atoms with van der Waals surface area (Å²) in [6.07, 6.45) is -2.68. The first kappa shape index (κ1) is 17.9. The summed E-state index contributed by atoms with van der Waals surface area (Å²) in [5.74, 6) is -0.895. The van der Waals surface area contributed by atoms with Crippen molar-refractivity contribution in [3.8, 4) is 0 Å². The molecule has 5 rings (SSSR count). The summed E-state index contributed by atoms with van der Waals surface area (Å²) in [5, 5.41) is 3.31. The molecule has 1 atom stereocenters. The molecule has 0 aromatic heterocycles. The number of alkyl halides is 3. The first-order valence-electron chi connectivity index (χ1n) is 9.45.